The molecule has 8 heteroatoms. The Labute approximate surface area is 192 Å². The van der Waals surface area contributed by atoms with Crippen molar-refractivity contribution in [3.8, 4) is 0 Å². The minimum Gasteiger partial charge on any atom is -0.357 e. The van der Waals surface area contributed by atoms with Gasteiger partial charge in [-0.05, 0) is 37.2 Å². The van der Waals surface area contributed by atoms with Crippen molar-refractivity contribution in [3.63, 3.8) is 0 Å². The number of nitrogens with zero attached hydrogens (tertiary/aromatic N) is 7. The van der Waals surface area contributed by atoms with E-state index in [9.17, 15) is 0 Å². The largest absolute Gasteiger partial charge is 0.357 e. The van der Waals surface area contributed by atoms with Crippen LogP contribution in [0.5, 0.6) is 0 Å². The summed E-state index contributed by atoms with van der Waals surface area (Å²) in [5, 5.41) is 3.46. The van der Waals surface area contributed by atoms with Crippen molar-refractivity contribution in [2.75, 3.05) is 75.2 Å². The van der Waals surface area contributed by atoms with Gasteiger partial charge in [-0.25, -0.2) is 15.0 Å². The van der Waals surface area contributed by atoms with Crippen molar-refractivity contribution >= 4 is 17.6 Å². The summed E-state index contributed by atoms with van der Waals surface area (Å²) in [6.07, 6.45) is 3.84. The molecule has 0 atom stereocenters. The molecule has 4 heterocycles. The van der Waals surface area contributed by atoms with Crippen LogP contribution in [0.25, 0.3) is 0 Å². The number of pyridine rings is 2. The summed E-state index contributed by atoms with van der Waals surface area (Å²) in [4.78, 5) is 23.7. The Morgan fingerprint density at radius 2 is 1.59 bits per heavy atom. The summed E-state index contributed by atoms with van der Waals surface area (Å²) >= 11 is 0. The van der Waals surface area contributed by atoms with Gasteiger partial charge >= 0.3 is 0 Å². The van der Waals surface area contributed by atoms with Gasteiger partial charge in [-0.15, -0.1) is 0 Å². The van der Waals surface area contributed by atoms with Gasteiger partial charge in [-0.1, -0.05) is 19.1 Å². The Kier molecular flexibility index (Phi) is 7.77. The van der Waals surface area contributed by atoms with Crippen LogP contribution >= 0.6 is 0 Å². The third-order valence-electron chi connectivity index (χ3n) is 6.25. The molecule has 32 heavy (non-hydrogen) atoms. The van der Waals surface area contributed by atoms with Crippen molar-refractivity contribution in [3.05, 3.63) is 48.3 Å². The minimum absolute atomic E-state index is 0.639. The molecule has 0 bridgehead atoms. The van der Waals surface area contributed by atoms with E-state index in [2.05, 4.69) is 61.9 Å². The Morgan fingerprint density at radius 1 is 0.875 bits per heavy atom. The van der Waals surface area contributed by atoms with E-state index in [0.717, 1.165) is 88.6 Å². The lowest BCUT2D eigenvalue weighted by molar-refractivity contribution is 0.270. The van der Waals surface area contributed by atoms with Gasteiger partial charge in [0.2, 0.25) is 0 Å². The van der Waals surface area contributed by atoms with Crippen LogP contribution in [-0.2, 0) is 6.54 Å². The molecule has 172 valence electrons. The lowest BCUT2D eigenvalue weighted by atomic mass is 10.2. The highest BCUT2D eigenvalue weighted by molar-refractivity contribution is 5.80. The monoisotopic (exact) mass is 436 g/mol. The van der Waals surface area contributed by atoms with Gasteiger partial charge in [0.05, 0.1) is 6.54 Å². The zero-order valence-corrected chi connectivity index (χ0v) is 19.5. The number of likely N-dealkylation sites (N-methyl/N-ethyl adjacent to an activating group) is 1. The van der Waals surface area contributed by atoms with Crippen LogP contribution < -0.4 is 15.1 Å². The van der Waals surface area contributed by atoms with E-state index >= 15 is 0 Å². The highest BCUT2D eigenvalue weighted by Gasteiger charge is 2.20. The lowest BCUT2D eigenvalue weighted by Gasteiger charge is -2.37. The Bertz CT molecular complexity index is 838. The molecule has 0 radical (unpaired) electrons. The molecule has 8 nitrogen and oxygen atoms in total. The predicted octanol–water partition coefficient (Wildman–Crippen LogP) is 1.91. The smallest absolute Gasteiger partial charge is 0.194 e. The molecule has 2 saturated heterocycles. The van der Waals surface area contributed by atoms with Crippen LogP contribution in [0, 0.1) is 0 Å². The van der Waals surface area contributed by atoms with Gasteiger partial charge in [-0.2, -0.15) is 0 Å². The number of hydrogen-bond donors (Lipinski definition) is 1. The first-order valence-corrected chi connectivity index (χ1v) is 11.9. The fraction of sp³-hybridized carbons (Fsp3) is 0.542. The van der Waals surface area contributed by atoms with Gasteiger partial charge < -0.3 is 24.9 Å². The first-order chi connectivity index (χ1) is 15.8. The van der Waals surface area contributed by atoms with Crippen molar-refractivity contribution in [1.29, 1.82) is 0 Å². The Balaban J connectivity index is 1.32. The van der Waals surface area contributed by atoms with E-state index in [1.54, 1.807) is 0 Å². The molecule has 1 N–H and O–H groups in total. The fourth-order valence-electron chi connectivity index (χ4n) is 4.27. The number of piperazine rings is 2. The third-order valence-corrected chi connectivity index (χ3v) is 6.25. The molecule has 0 aliphatic carbocycles. The van der Waals surface area contributed by atoms with Crippen LogP contribution in [0.15, 0.2) is 47.7 Å². The minimum atomic E-state index is 0.639. The first-order valence-electron chi connectivity index (χ1n) is 11.9. The number of hydrogen-bond acceptors (Lipinski definition) is 6. The lowest BCUT2D eigenvalue weighted by Crippen LogP contribution is -2.52. The van der Waals surface area contributed by atoms with Crippen molar-refractivity contribution in [2.45, 2.75) is 20.4 Å². The zero-order valence-electron chi connectivity index (χ0n) is 19.5. The molecular formula is C24H36N8. The standard InChI is InChI=1S/C24H36N8/c1-3-25-24(32-17-15-31(16-18-32)22-7-5-6-10-26-22)28-20-21-8-9-23(27-19-21)30-13-11-29(4-2)12-14-30/h5-10,19H,3-4,11-18,20H2,1-2H3,(H,25,28). The quantitative estimate of drug-likeness (QED) is 0.548. The molecule has 2 aliphatic rings. The van der Waals surface area contributed by atoms with E-state index in [1.807, 2.05) is 24.5 Å². The van der Waals surface area contributed by atoms with Gasteiger partial charge in [0, 0.05) is 71.3 Å². The second-order valence-electron chi connectivity index (χ2n) is 8.28. The summed E-state index contributed by atoms with van der Waals surface area (Å²) in [6.45, 7) is 15.1. The van der Waals surface area contributed by atoms with Crippen molar-refractivity contribution in [2.24, 2.45) is 4.99 Å². The number of anilines is 2. The SMILES string of the molecule is CCNC(=NCc1ccc(N2CCN(CC)CC2)nc1)N1CCN(c2ccccn2)CC1. The fourth-order valence-corrected chi connectivity index (χ4v) is 4.27. The van der Waals surface area contributed by atoms with E-state index in [4.69, 9.17) is 9.98 Å². The molecule has 0 saturated carbocycles. The van der Waals surface area contributed by atoms with E-state index in [0.29, 0.717) is 6.54 Å². The predicted molar refractivity (Wildman–Crippen MR) is 131 cm³/mol. The Hall–Kier alpha value is -2.87. The van der Waals surface area contributed by atoms with Gasteiger partial charge in [-0.3, -0.25) is 0 Å². The molecule has 2 aromatic heterocycles. The van der Waals surface area contributed by atoms with Gasteiger partial charge in [0.1, 0.15) is 11.6 Å². The summed E-state index contributed by atoms with van der Waals surface area (Å²) in [6, 6.07) is 10.4. The molecule has 2 aliphatic heterocycles. The number of aromatic nitrogens is 2. The first kappa shape index (κ1) is 22.3. The van der Waals surface area contributed by atoms with E-state index < -0.39 is 0 Å². The van der Waals surface area contributed by atoms with Gasteiger partial charge in [0.25, 0.3) is 0 Å². The van der Waals surface area contributed by atoms with E-state index in [-0.39, 0.29) is 0 Å². The van der Waals surface area contributed by atoms with Gasteiger partial charge in [0.15, 0.2) is 5.96 Å². The second-order valence-corrected chi connectivity index (χ2v) is 8.28. The zero-order chi connectivity index (χ0) is 22.2. The average molecular weight is 437 g/mol. The van der Waals surface area contributed by atoms with Crippen LogP contribution in [0.2, 0.25) is 0 Å². The number of nitrogens with one attached hydrogen (secondary N) is 1. The van der Waals surface area contributed by atoms with Crippen LogP contribution in [0.4, 0.5) is 11.6 Å². The number of rotatable bonds is 6. The maximum absolute atomic E-state index is 4.91. The molecule has 4 rings (SSSR count). The van der Waals surface area contributed by atoms with E-state index in [1.165, 1.54) is 0 Å². The van der Waals surface area contributed by atoms with Crippen LogP contribution in [-0.4, -0.2) is 91.2 Å². The summed E-state index contributed by atoms with van der Waals surface area (Å²) in [5.41, 5.74) is 1.14. The third kappa shape index (κ3) is 5.68. The highest BCUT2D eigenvalue weighted by Crippen LogP contribution is 2.15. The topological polar surface area (TPSA) is 63.1 Å². The van der Waals surface area contributed by atoms with Crippen molar-refractivity contribution < 1.29 is 0 Å². The highest BCUT2D eigenvalue weighted by atomic mass is 15.4. The number of guanidine groups is 1. The molecule has 0 spiro atoms. The Morgan fingerprint density at radius 3 is 2.19 bits per heavy atom. The molecular weight excluding hydrogens is 400 g/mol. The van der Waals surface area contributed by atoms with Crippen LogP contribution in [0.3, 0.4) is 0 Å². The summed E-state index contributed by atoms with van der Waals surface area (Å²) < 4.78 is 0. The average Bonchev–Trinajstić information content (AvgIpc) is 2.87. The normalized spacial score (nSPS) is 18.2. The maximum atomic E-state index is 4.91. The molecule has 0 amide bonds. The van der Waals surface area contributed by atoms with Crippen molar-refractivity contribution in [1.82, 2.24) is 25.1 Å². The second kappa shape index (κ2) is 11.1. The van der Waals surface area contributed by atoms with Crippen LogP contribution in [0.1, 0.15) is 19.4 Å². The molecule has 2 fully saturated rings. The maximum Gasteiger partial charge on any atom is 0.194 e. The summed E-state index contributed by atoms with van der Waals surface area (Å²) in [5.74, 6) is 3.11. The molecule has 2 aromatic rings. The summed E-state index contributed by atoms with van der Waals surface area (Å²) in [7, 11) is 0. The molecule has 0 aromatic carbocycles. The molecule has 0 unspecified atom stereocenters. The number of aliphatic imine (C=N–C) groups is 1.